The quantitative estimate of drug-likeness (QED) is 0.682. The first-order valence-corrected chi connectivity index (χ1v) is 8.65. The fourth-order valence-corrected chi connectivity index (χ4v) is 3.80. The molecule has 3 nitrogen and oxygen atoms in total. The van der Waals surface area contributed by atoms with Gasteiger partial charge in [0.15, 0.2) is 0 Å². The SMILES string of the molecule is CC(CCl)(C(N)CCN)n1c2ccccc2c2cc(Cl)ccc21. The van der Waals surface area contributed by atoms with Crippen LogP contribution in [0.25, 0.3) is 21.8 Å². The maximum atomic E-state index is 6.47. The van der Waals surface area contributed by atoms with Crippen molar-refractivity contribution in [3.8, 4) is 0 Å². The Balaban J connectivity index is 2.38. The van der Waals surface area contributed by atoms with Gasteiger partial charge in [-0.3, -0.25) is 0 Å². The van der Waals surface area contributed by atoms with Gasteiger partial charge < -0.3 is 16.0 Å². The van der Waals surface area contributed by atoms with Gasteiger partial charge in [-0.15, -0.1) is 11.6 Å². The molecular weight excluding hydrogens is 329 g/mol. The number of halogens is 2. The van der Waals surface area contributed by atoms with E-state index in [4.69, 9.17) is 34.7 Å². The number of hydrogen-bond acceptors (Lipinski definition) is 2. The number of nitrogens with zero attached hydrogens (tertiary/aromatic N) is 1. The van der Waals surface area contributed by atoms with Crippen LogP contribution in [-0.4, -0.2) is 23.0 Å². The standard InChI is InChI=1S/C18H21Cl2N3/c1-18(11-19,17(22)8-9-21)23-15-5-3-2-4-13(15)14-10-12(20)6-7-16(14)23/h2-7,10,17H,8-9,11,21-22H2,1H3. The van der Waals surface area contributed by atoms with Gasteiger partial charge in [0.05, 0.1) is 5.54 Å². The number of para-hydroxylation sites is 1. The summed E-state index contributed by atoms with van der Waals surface area (Å²) >= 11 is 12.6. The molecule has 3 rings (SSSR count). The van der Waals surface area contributed by atoms with Crippen LogP contribution in [0, 0.1) is 0 Å². The predicted octanol–water partition coefficient (Wildman–Crippen LogP) is 4.08. The molecule has 0 spiro atoms. The van der Waals surface area contributed by atoms with Crippen molar-refractivity contribution in [1.82, 2.24) is 4.57 Å². The zero-order chi connectivity index (χ0) is 16.6. The van der Waals surface area contributed by atoms with E-state index in [2.05, 4.69) is 23.6 Å². The van der Waals surface area contributed by atoms with E-state index in [-0.39, 0.29) is 6.04 Å². The van der Waals surface area contributed by atoms with Gasteiger partial charge in [-0.1, -0.05) is 29.8 Å². The molecular formula is C18H21Cl2N3. The maximum absolute atomic E-state index is 6.47. The summed E-state index contributed by atoms with van der Waals surface area (Å²) in [6, 6.07) is 14.1. The number of fused-ring (bicyclic) bond motifs is 3. The number of benzene rings is 2. The van der Waals surface area contributed by atoms with Gasteiger partial charge in [-0.05, 0) is 44.2 Å². The van der Waals surface area contributed by atoms with Crippen molar-refractivity contribution in [2.45, 2.75) is 24.9 Å². The van der Waals surface area contributed by atoms with Gasteiger partial charge in [0.25, 0.3) is 0 Å². The third-order valence-electron chi connectivity index (χ3n) is 4.69. The molecule has 2 atom stereocenters. The van der Waals surface area contributed by atoms with Crippen molar-refractivity contribution in [3.63, 3.8) is 0 Å². The number of nitrogens with two attached hydrogens (primary N) is 2. The molecule has 3 aromatic rings. The van der Waals surface area contributed by atoms with Crippen LogP contribution >= 0.6 is 23.2 Å². The van der Waals surface area contributed by atoms with E-state index in [9.17, 15) is 0 Å². The monoisotopic (exact) mass is 349 g/mol. The summed E-state index contributed by atoms with van der Waals surface area (Å²) in [5.41, 5.74) is 14.0. The fraction of sp³-hybridized carbons (Fsp3) is 0.333. The Bertz CT molecular complexity index is 843. The summed E-state index contributed by atoms with van der Waals surface area (Å²) in [7, 11) is 0. The molecule has 2 unspecified atom stereocenters. The second-order valence-corrected chi connectivity index (χ2v) is 6.89. The lowest BCUT2D eigenvalue weighted by molar-refractivity contribution is 0.294. The molecule has 5 heteroatoms. The second-order valence-electron chi connectivity index (χ2n) is 6.19. The van der Waals surface area contributed by atoms with Gasteiger partial charge in [0.1, 0.15) is 0 Å². The summed E-state index contributed by atoms with van der Waals surface area (Å²) in [6.07, 6.45) is 0.713. The molecule has 1 aromatic heterocycles. The van der Waals surface area contributed by atoms with E-state index < -0.39 is 5.54 Å². The van der Waals surface area contributed by atoms with Gasteiger partial charge in [0, 0.05) is 38.8 Å². The molecule has 4 N–H and O–H groups in total. The minimum absolute atomic E-state index is 0.139. The van der Waals surface area contributed by atoms with Crippen LogP contribution < -0.4 is 11.5 Å². The van der Waals surface area contributed by atoms with Crippen LogP contribution in [0.5, 0.6) is 0 Å². The molecule has 122 valence electrons. The minimum atomic E-state index is -0.434. The van der Waals surface area contributed by atoms with Crippen molar-refractivity contribution in [2.24, 2.45) is 11.5 Å². The van der Waals surface area contributed by atoms with Crippen molar-refractivity contribution in [3.05, 3.63) is 47.5 Å². The van der Waals surface area contributed by atoms with Crippen LogP contribution in [0.2, 0.25) is 5.02 Å². The summed E-state index contributed by atoms with van der Waals surface area (Å²) in [4.78, 5) is 0. The molecule has 0 bridgehead atoms. The molecule has 0 amide bonds. The number of aromatic nitrogens is 1. The first-order valence-electron chi connectivity index (χ1n) is 7.73. The van der Waals surface area contributed by atoms with Gasteiger partial charge in [0.2, 0.25) is 0 Å². The summed E-state index contributed by atoms with van der Waals surface area (Å²) in [6.45, 7) is 2.64. The number of alkyl halides is 1. The summed E-state index contributed by atoms with van der Waals surface area (Å²) in [5, 5.41) is 2.99. The molecule has 0 aliphatic carbocycles. The average Bonchev–Trinajstić information content (AvgIpc) is 2.88. The van der Waals surface area contributed by atoms with E-state index in [1.165, 1.54) is 0 Å². The maximum Gasteiger partial charge on any atom is 0.0709 e. The zero-order valence-electron chi connectivity index (χ0n) is 13.1. The summed E-state index contributed by atoms with van der Waals surface area (Å²) < 4.78 is 2.25. The third-order valence-corrected chi connectivity index (χ3v) is 5.47. The van der Waals surface area contributed by atoms with Gasteiger partial charge in [-0.2, -0.15) is 0 Å². The Hall–Kier alpha value is -1.26. The molecule has 0 fully saturated rings. The van der Waals surface area contributed by atoms with Crippen molar-refractivity contribution in [2.75, 3.05) is 12.4 Å². The highest BCUT2D eigenvalue weighted by Gasteiger charge is 2.35. The van der Waals surface area contributed by atoms with Gasteiger partial charge in [-0.25, -0.2) is 0 Å². The lowest BCUT2D eigenvalue weighted by atomic mass is 9.91. The van der Waals surface area contributed by atoms with E-state index in [0.29, 0.717) is 18.8 Å². The highest BCUT2D eigenvalue weighted by atomic mass is 35.5. The van der Waals surface area contributed by atoms with E-state index in [1.54, 1.807) is 0 Å². The van der Waals surface area contributed by atoms with E-state index in [1.807, 2.05) is 30.3 Å². The van der Waals surface area contributed by atoms with Crippen molar-refractivity contribution < 1.29 is 0 Å². The summed E-state index contributed by atoms with van der Waals surface area (Å²) in [5.74, 6) is 0.407. The fourth-order valence-electron chi connectivity index (χ4n) is 3.31. The Morgan fingerprint density at radius 1 is 1.13 bits per heavy atom. The van der Waals surface area contributed by atoms with Crippen LogP contribution in [-0.2, 0) is 5.54 Å². The molecule has 0 aliphatic heterocycles. The molecule has 0 saturated heterocycles. The Morgan fingerprint density at radius 2 is 1.83 bits per heavy atom. The minimum Gasteiger partial charge on any atom is -0.332 e. The molecule has 0 aliphatic rings. The Kier molecular flexibility index (Phi) is 4.56. The predicted molar refractivity (Wildman–Crippen MR) is 100 cm³/mol. The first kappa shape index (κ1) is 16.6. The zero-order valence-corrected chi connectivity index (χ0v) is 14.6. The molecule has 0 radical (unpaired) electrons. The van der Waals surface area contributed by atoms with Crippen molar-refractivity contribution in [1.29, 1.82) is 0 Å². The average molecular weight is 350 g/mol. The van der Waals surface area contributed by atoms with Crippen molar-refractivity contribution >= 4 is 45.0 Å². The number of hydrogen-bond donors (Lipinski definition) is 2. The highest BCUT2D eigenvalue weighted by Crippen LogP contribution is 2.37. The third kappa shape index (κ3) is 2.62. The highest BCUT2D eigenvalue weighted by molar-refractivity contribution is 6.31. The smallest absolute Gasteiger partial charge is 0.0709 e. The normalized spacial score (nSPS) is 15.9. The molecule has 1 heterocycles. The molecule has 0 saturated carbocycles. The van der Waals surface area contributed by atoms with Crippen LogP contribution in [0.1, 0.15) is 13.3 Å². The lowest BCUT2D eigenvalue weighted by Crippen LogP contribution is -2.50. The largest absolute Gasteiger partial charge is 0.332 e. The molecule has 2 aromatic carbocycles. The number of rotatable bonds is 5. The van der Waals surface area contributed by atoms with Crippen LogP contribution in [0.15, 0.2) is 42.5 Å². The Labute approximate surface area is 146 Å². The van der Waals surface area contributed by atoms with Gasteiger partial charge >= 0.3 is 0 Å². The van der Waals surface area contributed by atoms with E-state index in [0.717, 1.165) is 26.8 Å². The second kappa shape index (κ2) is 6.33. The van der Waals surface area contributed by atoms with Crippen LogP contribution in [0.3, 0.4) is 0 Å². The van der Waals surface area contributed by atoms with Crippen LogP contribution in [0.4, 0.5) is 0 Å². The van der Waals surface area contributed by atoms with E-state index >= 15 is 0 Å². The lowest BCUT2D eigenvalue weighted by Gasteiger charge is -2.37. The Morgan fingerprint density at radius 3 is 2.52 bits per heavy atom. The molecule has 23 heavy (non-hydrogen) atoms. The first-order chi connectivity index (χ1) is 11.0. The topological polar surface area (TPSA) is 57.0 Å².